The summed E-state index contributed by atoms with van der Waals surface area (Å²) in [5.41, 5.74) is 2.58. The van der Waals surface area contributed by atoms with E-state index in [9.17, 15) is 8.42 Å². The van der Waals surface area contributed by atoms with Crippen LogP contribution < -0.4 is 0 Å². The fourth-order valence-corrected chi connectivity index (χ4v) is 4.37. The van der Waals surface area contributed by atoms with Crippen molar-refractivity contribution < 1.29 is 8.42 Å². The standard InChI is InChI=1S/C18H24N2O2S2/c1-24(21,22)18-5-3-16(4-6-18)13-19-8-2-9-20(11-10-19)14-17-7-12-23-15-17/h3-7,12,15H,2,8-11,13-14H2,1H3. The summed E-state index contributed by atoms with van der Waals surface area (Å²) in [7, 11) is -3.11. The molecule has 4 nitrogen and oxygen atoms in total. The van der Waals surface area contributed by atoms with E-state index in [4.69, 9.17) is 0 Å². The molecular weight excluding hydrogens is 340 g/mol. The molecule has 0 bridgehead atoms. The molecule has 2 aromatic rings. The molecule has 1 aromatic carbocycles. The van der Waals surface area contributed by atoms with Gasteiger partial charge < -0.3 is 0 Å². The fourth-order valence-electron chi connectivity index (χ4n) is 3.08. The Balaban J connectivity index is 1.54. The topological polar surface area (TPSA) is 40.6 Å². The van der Waals surface area contributed by atoms with E-state index in [2.05, 4.69) is 26.6 Å². The minimum atomic E-state index is -3.11. The van der Waals surface area contributed by atoms with Crippen molar-refractivity contribution in [2.45, 2.75) is 24.4 Å². The van der Waals surface area contributed by atoms with Crippen LogP contribution in [0.3, 0.4) is 0 Å². The van der Waals surface area contributed by atoms with E-state index in [1.165, 1.54) is 23.8 Å². The maximum atomic E-state index is 11.5. The van der Waals surface area contributed by atoms with Crippen LogP contribution in [0.25, 0.3) is 0 Å². The summed E-state index contributed by atoms with van der Waals surface area (Å²) in [6, 6.07) is 9.50. The first-order chi connectivity index (χ1) is 11.5. The largest absolute Gasteiger partial charge is 0.298 e. The molecule has 0 saturated carbocycles. The van der Waals surface area contributed by atoms with Crippen LogP contribution in [-0.2, 0) is 22.9 Å². The molecule has 130 valence electrons. The summed E-state index contributed by atoms with van der Waals surface area (Å²) < 4.78 is 23.1. The number of thiophene rings is 1. The van der Waals surface area contributed by atoms with Gasteiger partial charge in [-0.1, -0.05) is 12.1 Å². The molecule has 1 aliphatic rings. The zero-order valence-electron chi connectivity index (χ0n) is 14.0. The smallest absolute Gasteiger partial charge is 0.175 e. The predicted octanol–water partition coefficient (Wildman–Crippen LogP) is 2.86. The molecule has 0 amide bonds. The number of sulfone groups is 1. The van der Waals surface area contributed by atoms with Crippen molar-refractivity contribution in [3.05, 3.63) is 52.2 Å². The van der Waals surface area contributed by atoms with Crippen molar-refractivity contribution in [1.82, 2.24) is 9.80 Å². The molecular formula is C18H24N2O2S2. The van der Waals surface area contributed by atoms with Crippen molar-refractivity contribution in [1.29, 1.82) is 0 Å². The van der Waals surface area contributed by atoms with Crippen LogP contribution in [0.4, 0.5) is 0 Å². The predicted molar refractivity (Wildman–Crippen MR) is 99.0 cm³/mol. The summed E-state index contributed by atoms with van der Waals surface area (Å²) >= 11 is 1.76. The van der Waals surface area contributed by atoms with E-state index < -0.39 is 9.84 Å². The minimum absolute atomic E-state index is 0.393. The van der Waals surface area contributed by atoms with Gasteiger partial charge in [-0.3, -0.25) is 9.80 Å². The molecule has 1 fully saturated rings. The molecule has 2 heterocycles. The lowest BCUT2D eigenvalue weighted by Crippen LogP contribution is -2.30. The first-order valence-corrected chi connectivity index (χ1v) is 11.1. The second-order valence-electron chi connectivity index (χ2n) is 6.45. The van der Waals surface area contributed by atoms with E-state index in [1.807, 2.05) is 12.1 Å². The van der Waals surface area contributed by atoms with Gasteiger partial charge in [-0.05, 0) is 59.6 Å². The Morgan fingerprint density at radius 2 is 1.54 bits per heavy atom. The third kappa shape index (κ3) is 4.89. The first kappa shape index (κ1) is 17.6. The molecule has 0 spiro atoms. The Morgan fingerprint density at radius 1 is 0.917 bits per heavy atom. The lowest BCUT2D eigenvalue weighted by atomic mass is 10.2. The van der Waals surface area contributed by atoms with Crippen LogP contribution in [0, 0.1) is 0 Å². The third-order valence-corrected chi connectivity index (χ3v) is 6.29. The van der Waals surface area contributed by atoms with Crippen molar-refractivity contribution in [2.75, 3.05) is 32.4 Å². The molecule has 0 unspecified atom stereocenters. The van der Waals surface area contributed by atoms with Gasteiger partial charge in [-0.25, -0.2) is 8.42 Å². The van der Waals surface area contributed by atoms with Gasteiger partial charge in [0.05, 0.1) is 4.90 Å². The normalized spacial score (nSPS) is 17.7. The van der Waals surface area contributed by atoms with E-state index in [0.29, 0.717) is 4.90 Å². The second kappa shape index (κ2) is 7.78. The maximum absolute atomic E-state index is 11.5. The van der Waals surface area contributed by atoms with Crippen LogP contribution in [0.1, 0.15) is 17.5 Å². The molecule has 1 aliphatic heterocycles. The van der Waals surface area contributed by atoms with Gasteiger partial charge in [0.25, 0.3) is 0 Å². The molecule has 1 aromatic heterocycles. The van der Waals surface area contributed by atoms with Crippen LogP contribution in [0.15, 0.2) is 46.0 Å². The number of hydrogen-bond donors (Lipinski definition) is 0. The number of nitrogens with zero attached hydrogens (tertiary/aromatic N) is 2. The summed E-state index contributed by atoms with van der Waals surface area (Å²) in [5.74, 6) is 0. The van der Waals surface area contributed by atoms with Crippen LogP contribution in [0.2, 0.25) is 0 Å². The maximum Gasteiger partial charge on any atom is 0.175 e. The summed E-state index contributed by atoms with van der Waals surface area (Å²) in [4.78, 5) is 5.38. The molecule has 0 atom stereocenters. The van der Waals surface area contributed by atoms with Crippen LogP contribution in [0.5, 0.6) is 0 Å². The van der Waals surface area contributed by atoms with E-state index in [-0.39, 0.29) is 0 Å². The van der Waals surface area contributed by atoms with Gasteiger partial charge in [-0.15, -0.1) is 0 Å². The Labute approximate surface area is 148 Å². The summed E-state index contributed by atoms with van der Waals surface area (Å²) in [5, 5.41) is 4.37. The van der Waals surface area contributed by atoms with Crippen molar-refractivity contribution in [3.8, 4) is 0 Å². The highest BCUT2D eigenvalue weighted by molar-refractivity contribution is 7.90. The summed E-state index contributed by atoms with van der Waals surface area (Å²) in [6.07, 6.45) is 2.42. The van der Waals surface area contributed by atoms with Crippen LogP contribution in [-0.4, -0.2) is 50.7 Å². The molecule has 24 heavy (non-hydrogen) atoms. The van der Waals surface area contributed by atoms with Gasteiger partial charge in [-0.2, -0.15) is 11.3 Å². The van der Waals surface area contributed by atoms with Gasteiger partial charge in [0.1, 0.15) is 0 Å². The SMILES string of the molecule is CS(=O)(=O)c1ccc(CN2CCCN(Cc3ccsc3)CC2)cc1. The van der Waals surface area contributed by atoms with E-state index in [1.54, 1.807) is 23.5 Å². The van der Waals surface area contributed by atoms with Gasteiger partial charge in [0, 0.05) is 32.4 Å². The molecule has 0 N–H and O–H groups in total. The lowest BCUT2D eigenvalue weighted by molar-refractivity contribution is 0.247. The molecule has 1 saturated heterocycles. The third-order valence-electron chi connectivity index (χ3n) is 4.43. The van der Waals surface area contributed by atoms with Crippen molar-refractivity contribution in [2.24, 2.45) is 0 Å². The monoisotopic (exact) mass is 364 g/mol. The second-order valence-corrected chi connectivity index (χ2v) is 9.25. The Bertz CT molecular complexity index is 740. The first-order valence-electron chi connectivity index (χ1n) is 8.25. The highest BCUT2D eigenvalue weighted by Crippen LogP contribution is 2.15. The number of benzene rings is 1. The molecule has 3 rings (SSSR count). The zero-order valence-corrected chi connectivity index (χ0v) is 15.7. The fraction of sp³-hybridized carbons (Fsp3) is 0.444. The number of hydrogen-bond acceptors (Lipinski definition) is 5. The minimum Gasteiger partial charge on any atom is -0.298 e. The Kier molecular flexibility index (Phi) is 5.71. The summed E-state index contributed by atoms with van der Waals surface area (Å²) in [6.45, 7) is 6.29. The van der Waals surface area contributed by atoms with Crippen molar-refractivity contribution in [3.63, 3.8) is 0 Å². The van der Waals surface area contributed by atoms with Gasteiger partial charge in [0.2, 0.25) is 0 Å². The van der Waals surface area contributed by atoms with Gasteiger partial charge in [0.15, 0.2) is 9.84 Å². The van der Waals surface area contributed by atoms with Crippen molar-refractivity contribution >= 4 is 21.2 Å². The zero-order chi connectivity index (χ0) is 17.0. The van der Waals surface area contributed by atoms with Crippen LogP contribution >= 0.6 is 11.3 Å². The molecule has 6 heteroatoms. The number of rotatable bonds is 5. The molecule has 0 radical (unpaired) electrons. The lowest BCUT2D eigenvalue weighted by Gasteiger charge is -2.21. The highest BCUT2D eigenvalue weighted by Gasteiger charge is 2.15. The van der Waals surface area contributed by atoms with Gasteiger partial charge >= 0.3 is 0 Å². The van der Waals surface area contributed by atoms with E-state index in [0.717, 1.165) is 39.3 Å². The molecule has 0 aliphatic carbocycles. The average Bonchev–Trinajstić information content (AvgIpc) is 2.95. The van der Waals surface area contributed by atoms with E-state index >= 15 is 0 Å². The Hall–Kier alpha value is -1.21. The Morgan fingerprint density at radius 3 is 2.08 bits per heavy atom. The average molecular weight is 365 g/mol. The highest BCUT2D eigenvalue weighted by atomic mass is 32.2. The quantitative estimate of drug-likeness (QED) is 0.818.